The van der Waals surface area contributed by atoms with Crippen molar-refractivity contribution in [3.8, 4) is 0 Å². The van der Waals surface area contributed by atoms with E-state index in [4.69, 9.17) is 0 Å². The molecule has 0 spiro atoms. The van der Waals surface area contributed by atoms with Crippen molar-refractivity contribution in [1.82, 2.24) is 10.6 Å². The molecule has 0 bridgehead atoms. The van der Waals surface area contributed by atoms with Gasteiger partial charge in [0.15, 0.2) is 0 Å². The van der Waals surface area contributed by atoms with Gasteiger partial charge in [0.25, 0.3) is 0 Å². The third-order valence-corrected chi connectivity index (χ3v) is 4.23. The Bertz CT molecular complexity index is 441. The molecule has 2 atom stereocenters. The summed E-state index contributed by atoms with van der Waals surface area (Å²) in [6.45, 7) is 5.30. The summed E-state index contributed by atoms with van der Waals surface area (Å²) in [5.41, 5.74) is 2.67. The van der Waals surface area contributed by atoms with E-state index in [1.165, 1.54) is 11.1 Å². The summed E-state index contributed by atoms with van der Waals surface area (Å²) in [5, 5.41) is 6.58. The molecule has 1 amide bonds. The van der Waals surface area contributed by atoms with Crippen LogP contribution >= 0.6 is 0 Å². The van der Waals surface area contributed by atoms with Crippen LogP contribution in [0.1, 0.15) is 50.2 Å². The lowest BCUT2D eigenvalue weighted by Crippen LogP contribution is -2.46. The monoisotopic (exact) mass is 288 g/mol. The van der Waals surface area contributed by atoms with Gasteiger partial charge in [-0.25, -0.2) is 0 Å². The minimum absolute atomic E-state index is 0.220. The molecule has 3 nitrogen and oxygen atoms in total. The van der Waals surface area contributed by atoms with Gasteiger partial charge in [0.05, 0.1) is 0 Å². The minimum atomic E-state index is 0.220. The Balaban J connectivity index is 1.59. The molecule has 0 aromatic heterocycles. The summed E-state index contributed by atoms with van der Waals surface area (Å²) in [6, 6.07) is 9.56. The van der Waals surface area contributed by atoms with E-state index in [-0.39, 0.29) is 5.91 Å². The lowest BCUT2D eigenvalue weighted by Gasteiger charge is -2.28. The molecule has 0 radical (unpaired) electrons. The predicted molar refractivity (Wildman–Crippen MR) is 87.4 cm³/mol. The molecular formula is C18H28N2O. The number of aryl methyl sites for hydroxylation is 2. The van der Waals surface area contributed by atoms with E-state index >= 15 is 0 Å². The zero-order valence-corrected chi connectivity index (χ0v) is 13.3. The molecule has 3 heteroatoms. The summed E-state index contributed by atoms with van der Waals surface area (Å²) in [5.74, 6) is 0.220. The molecule has 1 fully saturated rings. The van der Waals surface area contributed by atoms with Gasteiger partial charge in [-0.3, -0.25) is 4.79 Å². The number of hydrogen-bond donors (Lipinski definition) is 2. The van der Waals surface area contributed by atoms with E-state index in [1.807, 2.05) is 0 Å². The standard InChI is InChI=1S/C18H28N2O/c1-14-7-9-16(10-8-14)5-3-4-6-18(21)20-17-11-12-19-15(2)13-17/h7-10,15,17,19H,3-6,11-13H2,1-2H3,(H,20,21). The zero-order chi connectivity index (χ0) is 15.1. The predicted octanol–water partition coefficient (Wildman–Crippen LogP) is 2.96. The van der Waals surface area contributed by atoms with Gasteiger partial charge in [-0.15, -0.1) is 0 Å². The highest BCUT2D eigenvalue weighted by molar-refractivity contribution is 5.76. The summed E-state index contributed by atoms with van der Waals surface area (Å²) in [4.78, 5) is 11.9. The van der Waals surface area contributed by atoms with Gasteiger partial charge in [0.2, 0.25) is 5.91 Å². The van der Waals surface area contributed by atoms with Crippen molar-refractivity contribution < 1.29 is 4.79 Å². The Hall–Kier alpha value is -1.35. The lowest BCUT2D eigenvalue weighted by atomic mass is 10.0. The number of carbonyl (C=O) groups is 1. The Kier molecular flexibility index (Phi) is 6.24. The quantitative estimate of drug-likeness (QED) is 0.790. The first-order chi connectivity index (χ1) is 10.1. The van der Waals surface area contributed by atoms with Crippen molar-refractivity contribution in [3.05, 3.63) is 35.4 Å². The largest absolute Gasteiger partial charge is 0.353 e. The van der Waals surface area contributed by atoms with Crippen LogP contribution in [-0.4, -0.2) is 24.5 Å². The molecule has 1 heterocycles. The van der Waals surface area contributed by atoms with Crippen LogP contribution < -0.4 is 10.6 Å². The van der Waals surface area contributed by atoms with E-state index < -0.39 is 0 Å². The number of rotatable bonds is 6. The summed E-state index contributed by atoms with van der Waals surface area (Å²) in [7, 11) is 0. The van der Waals surface area contributed by atoms with Crippen molar-refractivity contribution in [3.63, 3.8) is 0 Å². The second kappa shape index (κ2) is 8.18. The van der Waals surface area contributed by atoms with Crippen LogP contribution in [0.3, 0.4) is 0 Å². The fraction of sp³-hybridized carbons (Fsp3) is 0.611. The molecule has 1 aromatic rings. The number of piperidine rings is 1. The lowest BCUT2D eigenvalue weighted by molar-refractivity contribution is -0.122. The Morgan fingerprint density at radius 1 is 1.29 bits per heavy atom. The summed E-state index contributed by atoms with van der Waals surface area (Å²) >= 11 is 0. The number of hydrogen-bond acceptors (Lipinski definition) is 2. The van der Waals surface area contributed by atoms with E-state index in [2.05, 4.69) is 48.7 Å². The Morgan fingerprint density at radius 2 is 2.05 bits per heavy atom. The molecule has 1 saturated heterocycles. The molecule has 21 heavy (non-hydrogen) atoms. The van der Waals surface area contributed by atoms with Crippen LogP contribution in [0.2, 0.25) is 0 Å². The molecule has 1 aliphatic heterocycles. The number of benzene rings is 1. The first-order valence-electron chi connectivity index (χ1n) is 8.22. The SMILES string of the molecule is Cc1ccc(CCCCC(=O)NC2CCNC(C)C2)cc1. The molecule has 116 valence electrons. The van der Waals surface area contributed by atoms with Gasteiger partial charge in [-0.2, -0.15) is 0 Å². The van der Waals surface area contributed by atoms with E-state index in [9.17, 15) is 4.79 Å². The highest BCUT2D eigenvalue weighted by Crippen LogP contribution is 2.10. The second-order valence-corrected chi connectivity index (χ2v) is 6.34. The maximum absolute atomic E-state index is 11.9. The van der Waals surface area contributed by atoms with Crippen molar-refractivity contribution >= 4 is 5.91 Å². The van der Waals surface area contributed by atoms with Crippen molar-refractivity contribution in [2.45, 2.75) is 64.5 Å². The van der Waals surface area contributed by atoms with Crippen LogP contribution in [0.4, 0.5) is 0 Å². The average Bonchev–Trinajstić information content (AvgIpc) is 2.45. The molecule has 2 rings (SSSR count). The molecule has 1 aromatic carbocycles. The van der Waals surface area contributed by atoms with Crippen LogP contribution in [0.15, 0.2) is 24.3 Å². The van der Waals surface area contributed by atoms with Gasteiger partial charge in [0.1, 0.15) is 0 Å². The second-order valence-electron chi connectivity index (χ2n) is 6.34. The van der Waals surface area contributed by atoms with Gasteiger partial charge in [-0.05, 0) is 58.1 Å². The third kappa shape index (κ3) is 5.88. The highest BCUT2D eigenvalue weighted by Gasteiger charge is 2.19. The number of unbranched alkanes of at least 4 members (excludes halogenated alkanes) is 1. The van der Waals surface area contributed by atoms with Crippen LogP contribution in [0.25, 0.3) is 0 Å². The minimum Gasteiger partial charge on any atom is -0.353 e. The normalized spacial score (nSPS) is 22.0. The van der Waals surface area contributed by atoms with Gasteiger partial charge >= 0.3 is 0 Å². The molecule has 0 saturated carbocycles. The summed E-state index contributed by atoms with van der Waals surface area (Å²) < 4.78 is 0. The smallest absolute Gasteiger partial charge is 0.220 e. The molecular weight excluding hydrogens is 260 g/mol. The van der Waals surface area contributed by atoms with Gasteiger partial charge < -0.3 is 10.6 Å². The molecule has 0 aliphatic carbocycles. The fourth-order valence-corrected chi connectivity index (χ4v) is 2.93. The topological polar surface area (TPSA) is 41.1 Å². The first kappa shape index (κ1) is 16.0. The third-order valence-electron chi connectivity index (χ3n) is 4.23. The molecule has 1 aliphatic rings. The van der Waals surface area contributed by atoms with Crippen molar-refractivity contribution in [2.24, 2.45) is 0 Å². The van der Waals surface area contributed by atoms with E-state index in [1.54, 1.807) is 0 Å². The Morgan fingerprint density at radius 3 is 2.76 bits per heavy atom. The maximum Gasteiger partial charge on any atom is 0.220 e. The number of carbonyl (C=O) groups excluding carboxylic acids is 1. The fourth-order valence-electron chi connectivity index (χ4n) is 2.93. The molecule has 2 unspecified atom stereocenters. The number of nitrogens with one attached hydrogen (secondary N) is 2. The average molecular weight is 288 g/mol. The van der Waals surface area contributed by atoms with Crippen LogP contribution in [0, 0.1) is 6.92 Å². The first-order valence-corrected chi connectivity index (χ1v) is 8.22. The van der Waals surface area contributed by atoms with Crippen LogP contribution in [-0.2, 0) is 11.2 Å². The number of amides is 1. The van der Waals surface area contributed by atoms with Crippen LogP contribution in [0.5, 0.6) is 0 Å². The summed E-state index contributed by atoms with van der Waals surface area (Å²) in [6.07, 6.45) is 5.88. The Labute approximate surface area is 128 Å². The van der Waals surface area contributed by atoms with Gasteiger partial charge in [0, 0.05) is 18.5 Å². The maximum atomic E-state index is 11.9. The van der Waals surface area contributed by atoms with E-state index in [0.717, 1.165) is 38.6 Å². The van der Waals surface area contributed by atoms with Crippen molar-refractivity contribution in [2.75, 3.05) is 6.54 Å². The highest BCUT2D eigenvalue weighted by atomic mass is 16.1. The van der Waals surface area contributed by atoms with Crippen molar-refractivity contribution in [1.29, 1.82) is 0 Å². The van der Waals surface area contributed by atoms with Gasteiger partial charge in [-0.1, -0.05) is 29.8 Å². The molecule has 2 N–H and O–H groups in total. The zero-order valence-electron chi connectivity index (χ0n) is 13.3. The van der Waals surface area contributed by atoms with E-state index in [0.29, 0.717) is 18.5 Å².